The molecule has 6 nitrogen and oxygen atoms in total. The summed E-state index contributed by atoms with van der Waals surface area (Å²) in [4.78, 5) is 24.1. The third kappa shape index (κ3) is 4.69. The maximum atomic E-state index is 14.4. The second-order valence-electron chi connectivity index (χ2n) is 6.08. The Balaban J connectivity index is 1.92. The van der Waals surface area contributed by atoms with Crippen LogP contribution in [-0.4, -0.2) is 26.7 Å². The molecule has 1 N–H and O–H groups in total. The van der Waals surface area contributed by atoms with Crippen LogP contribution in [0.2, 0.25) is 0 Å². The topological polar surface area (TPSA) is 83.6 Å². The van der Waals surface area contributed by atoms with E-state index < -0.39 is 28.3 Å². The molecule has 150 valence electrons. The minimum absolute atomic E-state index is 0.00729. The van der Waals surface area contributed by atoms with E-state index in [1.54, 1.807) is 29.6 Å². The molecule has 0 radical (unpaired) electrons. The van der Waals surface area contributed by atoms with Gasteiger partial charge in [-0.05, 0) is 42.6 Å². The number of nitrogens with one attached hydrogen (secondary N) is 1. The summed E-state index contributed by atoms with van der Waals surface area (Å²) in [5.41, 5.74) is 0.512. The molecule has 0 saturated carbocycles. The number of hydrogen-bond acceptors (Lipinski definition) is 5. The average Bonchev–Trinajstić information content (AvgIpc) is 3.22. The number of carbonyl (C=O) groups excluding carboxylic acids is 2. The van der Waals surface area contributed by atoms with Gasteiger partial charge in [0, 0.05) is 11.3 Å². The molecule has 1 amide bonds. The van der Waals surface area contributed by atoms with Crippen LogP contribution in [0.15, 0.2) is 70.3 Å². The quantitative estimate of drug-likeness (QED) is 0.574. The van der Waals surface area contributed by atoms with E-state index in [2.05, 4.69) is 5.32 Å². The molecular formula is C20H17FN2O4S2. The molecule has 2 aromatic carbocycles. The SMILES string of the molecule is CC(=O)c1cccc(NC(=O)CN(c2ccccc2F)S(=O)(=O)c2cccs2)c1. The van der Waals surface area contributed by atoms with Gasteiger partial charge in [-0.25, -0.2) is 12.8 Å². The largest absolute Gasteiger partial charge is 0.324 e. The number of para-hydroxylation sites is 1. The average molecular weight is 432 g/mol. The van der Waals surface area contributed by atoms with Crippen LogP contribution in [0.4, 0.5) is 15.8 Å². The molecule has 0 fully saturated rings. The normalized spacial score (nSPS) is 11.1. The Bertz CT molecular complexity index is 1140. The van der Waals surface area contributed by atoms with Crippen LogP contribution in [0.3, 0.4) is 0 Å². The number of carbonyl (C=O) groups is 2. The molecule has 0 aliphatic rings. The Hall–Kier alpha value is -3.04. The Morgan fingerprint density at radius 3 is 2.48 bits per heavy atom. The van der Waals surface area contributed by atoms with Gasteiger partial charge >= 0.3 is 0 Å². The van der Waals surface area contributed by atoms with Crippen LogP contribution in [0.25, 0.3) is 0 Å². The first-order chi connectivity index (χ1) is 13.8. The van der Waals surface area contributed by atoms with Gasteiger partial charge in [-0.2, -0.15) is 0 Å². The summed E-state index contributed by atoms with van der Waals surface area (Å²) >= 11 is 0.974. The van der Waals surface area contributed by atoms with Crippen molar-refractivity contribution in [2.24, 2.45) is 0 Å². The van der Waals surface area contributed by atoms with Crippen molar-refractivity contribution in [3.8, 4) is 0 Å². The number of amides is 1. The fourth-order valence-corrected chi connectivity index (χ4v) is 5.15. The van der Waals surface area contributed by atoms with E-state index in [4.69, 9.17) is 0 Å². The minimum Gasteiger partial charge on any atom is -0.324 e. The lowest BCUT2D eigenvalue weighted by molar-refractivity contribution is -0.114. The number of halogens is 1. The number of hydrogen-bond donors (Lipinski definition) is 1. The summed E-state index contributed by atoms with van der Waals surface area (Å²) < 4.78 is 41.1. The number of benzene rings is 2. The van der Waals surface area contributed by atoms with E-state index in [1.165, 1.54) is 37.3 Å². The standard InChI is InChI=1S/C20H17FN2O4S2/c1-14(24)15-6-4-7-16(12-15)22-19(25)13-23(18-9-3-2-8-17(18)21)29(26,27)20-10-5-11-28-20/h2-12H,13H2,1H3,(H,22,25). The first-order valence-corrected chi connectivity index (χ1v) is 10.8. The van der Waals surface area contributed by atoms with Crippen molar-refractivity contribution < 1.29 is 22.4 Å². The molecule has 0 bridgehead atoms. The van der Waals surface area contributed by atoms with Crippen molar-refractivity contribution in [2.45, 2.75) is 11.1 Å². The van der Waals surface area contributed by atoms with E-state index >= 15 is 0 Å². The zero-order valence-corrected chi connectivity index (χ0v) is 17.0. The molecule has 29 heavy (non-hydrogen) atoms. The Morgan fingerprint density at radius 2 is 1.83 bits per heavy atom. The van der Waals surface area contributed by atoms with E-state index in [9.17, 15) is 22.4 Å². The molecule has 0 saturated heterocycles. The second-order valence-corrected chi connectivity index (χ2v) is 9.12. The molecule has 0 aliphatic carbocycles. The lowest BCUT2D eigenvalue weighted by Gasteiger charge is -2.23. The minimum atomic E-state index is -4.15. The lowest BCUT2D eigenvalue weighted by atomic mass is 10.1. The molecule has 3 rings (SSSR count). The van der Waals surface area contributed by atoms with Crippen LogP contribution in [0.5, 0.6) is 0 Å². The third-order valence-corrected chi connectivity index (χ3v) is 7.13. The molecule has 1 heterocycles. The number of sulfonamides is 1. The molecule has 3 aromatic rings. The van der Waals surface area contributed by atoms with Crippen LogP contribution >= 0.6 is 11.3 Å². The van der Waals surface area contributed by atoms with Crippen LogP contribution in [0.1, 0.15) is 17.3 Å². The van der Waals surface area contributed by atoms with Gasteiger partial charge in [-0.3, -0.25) is 13.9 Å². The van der Waals surface area contributed by atoms with Gasteiger partial charge < -0.3 is 5.32 Å². The van der Waals surface area contributed by atoms with Crippen LogP contribution in [0, 0.1) is 5.82 Å². The van der Waals surface area contributed by atoms with Gasteiger partial charge in [0.15, 0.2) is 5.78 Å². The summed E-state index contributed by atoms with van der Waals surface area (Å²) in [5, 5.41) is 4.14. The van der Waals surface area contributed by atoms with E-state index in [-0.39, 0.29) is 15.7 Å². The maximum Gasteiger partial charge on any atom is 0.274 e. The van der Waals surface area contributed by atoms with Crippen molar-refractivity contribution >= 4 is 44.4 Å². The van der Waals surface area contributed by atoms with E-state index in [0.29, 0.717) is 11.3 Å². The predicted molar refractivity (Wildman–Crippen MR) is 110 cm³/mol. The highest BCUT2D eigenvalue weighted by molar-refractivity contribution is 7.94. The highest BCUT2D eigenvalue weighted by atomic mass is 32.2. The fraction of sp³-hybridized carbons (Fsp3) is 0.100. The number of rotatable bonds is 7. The molecule has 0 aliphatic heterocycles. The second kappa shape index (κ2) is 8.54. The number of nitrogens with zero attached hydrogens (tertiary/aromatic N) is 1. The summed E-state index contributed by atoms with van der Waals surface area (Å²) in [7, 11) is -4.15. The smallest absolute Gasteiger partial charge is 0.274 e. The van der Waals surface area contributed by atoms with Gasteiger partial charge in [-0.15, -0.1) is 11.3 Å². The highest BCUT2D eigenvalue weighted by Crippen LogP contribution is 2.28. The Kier molecular flexibility index (Phi) is 6.09. The summed E-state index contributed by atoms with van der Waals surface area (Å²) in [6.07, 6.45) is 0. The van der Waals surface area contributed by atoms with Gasteiger partial charge in [-0.1, -0.05) is 30.3 Å². The third-order valence-electron chi connectivity index (χ3n) is 4.00. The number of ketones is 1. The zero-order chi connectivity index (χ0) is 21.0. The van der Waals surface area contributed by atoms with Crippen molar-refractivity contribution in [1.82, 2.24) is 0 Å². The summed E-state index contributed by atoms with van der Waals surface area (Å²) in [5.74, 6) is -1.61. The molecular weight excluding hydrogens is 415 g/mol. The summed E-state index contributed by atoms with van der Waals surface area (Å²) in [6, 6.07) is 14.6. The van der Waals surface area contributed by atoms with Crippen LogP contribution in [-0.2, 0) is 14.8 Å². The number of anilines is 2. The molecule has 0 spiro atoms. The van der Waals surface area contributed by atoms with Crippen LogP contribution < -0.4 is 9.62 Å². The van der Waals surface area contributed by atoms with Gasteiger partial charge in [0.05, 0.1) is 5.69 Å². The number of Topliss-reactive ketones (excluding diaryl/α,β-unsaturated/α-hetero) is 1. The monoisotopic (exact) mass is 432 g/mol. The fourth-order valence-electron chi connectivity index (χ4n) is 2.62. The van der Waals surface area contributed by atoms with Crippen molar-refractivity contribution in [3.05, 3.63) is 77.4 Å². The molecule has 0 unspecified atom stereocenters. The van der Waals surface area contributed by atoms with Gasteiger partial charge in [0.25, 0.3) is 10.0 Å². The molecule has 9 heteroatoms. The lowest BCUT2D eigenvalue weighted by Crippen LogP contribution is -2.38. The van der Waals surface area contributed by atoms with E-state index in [1.807, 2.05) is 0 Å². The molecule has 0 atom stereocenters. The summed E-state index contributed by atoms with van der Waals surface area (Å²) in [6.45, 7) is 0.764. The van der Waals surface area contributed by atoms with E-state index in [0.717, 1.165) is 21.7 Å². The van der Waals surface area contributed by atoms with Gasteiger partial charge in [0.1, 0.15) is 16.6 Å². The van der Waals surface area contributed by atoms with Crippen molar-refractivity contribution in [2.75, 3.05) is 16.2 Å². The number of thiophene rings is 1. The maximum absolute atomic E-state index is 14.4. The van der Waals surface area contributed by atoms with Crippen molar-refractivity contribution in [1.29, 1.82) is 0 Å². The Labute approximate surface area is 171 Å². The molecule has 1 aromatic heterocycles. The highest BCUT2D eigenvalue weighted by Gasteiger charge is 2.29. The Morgan fingerprint density at radius 1 is 1.07 bits per heavy atom. The first kappa shape index (κ1) is 20.7. The van der Waals surface area contributed by atoms with Gasteiger partial charge in [0.2, 0.25) is 5.91 Å². The van der Waals surface area contributed by atoms with Crippen molar-refractivity contribution in [3.63, 3.8) is 0 Å². The predicted octanol–water partition coefficient (Wildman–Crippen LogP) is 3.92. The first-order valence-electron chi connectivity index (χ1n) is 8.50. The zero-order valence-electron chi connectivity index (χ0n) is 15.3.